The van der Waals surface area contributed by atoms with Crippen molar-refractivity contribution in [3.63, 3.8) is 0 Å². The van der Waals surface area contributed by atoms with E-state index < -0.39 is 0 Å². The molecule has 196 valence electrons. The van der Waals surface area contributed by atoms with Crippen molar-refractivity contribution in [1.29, 1.82) is 0 Å². The van der Waals surface area contributed by atoms with Gasteiger partial charge in [-0.1, -0.05) is 55.8 Å². The van der Waals surface area contributed by atoms with E-state index in [1.54, 1.807) is 4.90 Å². The maximum absolute atomic E-state index is 13.1. The Morgan fingerprint density at radius 1 is 1.00 bits per heavy atom. The third-order valence-corrected chi connectivity index (χ3v) is 7.29. The minimum absolute atomic E-state index is 0.0289. The van der Waals surface area contributed by atoms with E-state index in [9.17, 15) is 9.90 Å². The number of unbranched alkanes of at least 4 members (excludes halogenated alkanes) is 1. The van der Waals surface area contributed by atoms with Crippen LogP contribution in [-0.2, 0) is 6.54 Å². The minimum atomic E-state index is -0.0289. The first-order valence-corrected chi connectivity index (χ1v) is 13.6. The molecule has 6 nitrogen and oxygen atoms in total. The number of amides is 1. The Balaban J connectivity index is 1.54. The van der Waals surface area contributed by atoms with Crippen LogP contribution in [0, 0.1) is 0 Å². The molecule has 1 amide bonds. The van der Waals surface area contributed by atoms with Gasteiger partial charge in [-0.3, -0.25) is 9.69 Å². The number of aromatic nitrogens is 1. The third kappa shape index (κ3) is 5.65. The summed E-state index contributed by atoms with van der Waals surface area (Å²) in [5.41, 5.74) is 5.59. The van der Waals surface area contributed by atoms with Crippen molar-refractivity contribution in [2.24, 2.45) is 4.99 Å². The summed E-state index contributed by atoms with van der Waals surface area (Å²) in [7, 11) is 1.84. The lowest BCUT2D eigenvalue weighted by atomic mass is 9.99. The van der Waals surface area contributed by atoms with Gasteiger partial charge in [0.1, 0.15) is 0 Å². The molecular formula is C32H36N4O2. The molecule has 0 aliphatic carbocycles. The number of benzene rings is 3. The van der Waals surface area contributed by atoms with Crippen LogP contribution in [0.3, 0.4) is 0 Å². The second-order valence-electron chi connectivity index (χ2n) is 10.2. The van der Waals surface area contributed by atoms with Crippen molar-refractivity contribution in [2.45, 2.75) is 39.2 Å². The number of nitrogens with zero attached hydrogens (tertiary/aromatic N) is 3. The van der Waals surface area contributed by atoms with E-state index in [0.717, 1.165) is 54.6 Å². The van der Waals surface area contributed by atoms with Crippen molar-refractivity contribution in [3.8, 4) is 5.88 Å². The second-order valence-corrected chi connectivity index (χ2v) is 10.2. The lowest BCUT2D eigenvalue weighted by molar-refractivity contribution is 0.0793. The predicted molar refractivity (Wildman–Crippen MR) is 155 cm³/mol. The van der Waals surface area contributed by atoms with Crippen molar-refractivity contribution in [1.82, 2.24) is 14.8 Å². The van der Waals surface area contributed by atoms with Crippen LogP contribution < -0.4 is 0 Å². The molecule has 1 saturated heterocycles. The number of H-pyrrole nitrogens is 1. The molecule has 38 heavy (non-hydrogen) atoms. The molecule has 0 atom stereocenters. The first-order valence-electron chi connectivity index (χ1n) is 13.6. The summed E-state index contributed by atoms with van der Waals surface area (Å²) < 4.78 is 0. The Hall–Kier alpha value is -3.90. The number of carbonyl (C=O) groups excluding carboxylic acids is 1. The third-order valence-electron chi connectivity index (χ3n) is 7.29. The molecule has 0 bridgehead atoms. The van der Waals surface area contributed by atoms with E-state index in [-0.39, 0.29) is 11.8 Å². The number of rotatable bonds is 9. The van der Waals surface area contributed by atoms with Gasteiger partial charge in [-0.15, -0.1) is 0 Å². The lowest BCUT2D eigenvalue weighted by Crippen LogP contribution is -2.27. The van der Waals surface area contributed by atoms with Gasteiger partial charge in [-0.05, 0) is 68.2 Å². The fourth-order valence-electron chi connectivity index (χ4n) is 5.13. The molecular weight excluding hydrogens is 472 g/mol. The highest BCUT2D eigenvalue weighted by molar-refractivity contribution is 6.22. The monoisotopic (exact) mass is 508 g/mol. The Morgan fingerprint density at radius 3 is 2.45 bits per heavy atom. The number of aromatic amines is 1. The van der Waals surface area contributed by atoms with Gasteiger partial charge in [0.05, 0.1) is 17.0 Å². The first kappa shape index (κ1) is 25.7. The summed E-state index contributed by atoms with van der Waals surface area (Å²) in [5, 5.41) is 11.8. The van der Waals surface area contributed by atoms with Crippen LogP contribution in [0.25, 0.3) is 10.9 Å². The number of aliphatic imine (C=N–C) groups is 1. The van der Waals surface area contributed by atoms with Gasteiger partial charge in [-0.25, -0.2) is 4.99 Å². The van der Waals surface area contributed by atoms with Crippen molar-refractivity contribution >= 4 is 28.2 Å². The molecule has 4 aromatic rings. The second kappa shape index (κ2) is 11.7. The molecule has 3 aromatic carbocycles. The van der Waals surface area contributed by atoms with Crippen LogP contribution in [-0.4, -0.2) is 58.2 Å². The number of nitrogens with one attached hydrogen (secondary N) is 1. The van der Waals surface area contributed by atoms with Gasteiger partial charge in [0, 0.05) is 42.2 Å². The van der Waals surface area contributed by atoms with Gasteiger partial charge in [0.25, 0.3) is 5.91 Å². The van der Waals surface area contributed by atoms with E-state index in [1.165, 1.54) is 18.4 Å². The van der Waals surface area contributed by atoms with E-state index in [2.05, 4.69) is 28.9 Å². The van der Waals surface area contributed by atoms with Crippen molar-refractivity contribution in [3.05, 3.63) is 95.1 Å². The number of fused-ring (bicyclic) bond motifs is 1. The van der Waals surface area contributed by atoms with E-state index in [4.69, 9.17) is 4.99 Å². The number of likely N-dealkylation sites (tertiary alicyclic amines) is 1. The van der Waals surface area contributed by atoms with Gasteiger partial charge >= 0.3 is 0 Å². The average Bonchev–Trinajstić information content (AvgIpc) is 3.57. The van der Waals surface area contributed by atoms with Crippen LogP contribution in [0.4, 0.5) is 5.69 Å². The molecule has 0 unspecified atom stereocenters. The fraction of sp³-hybridized carbons (Fsp3) is 0.312. The predicted octanol–water partition coefficient (Wildman–Crippen LogP) is 6.51. The lowest BCUT2D eigenvalue weighted by Gasteiger charge is -2.17. The molecule has 2 N–H and O–H groups in total. The summed E-state index contributed by atoms with van der Waals surface area (Å²) in [6.45, 7) is 6.11. The highest BCUT2D eigenvalue weighted by atomic mass is 16.3. The van der Waals surface area contributed by atoms with Crippen LogP contribution in [0.15, 0.2) is 77.8 Å². The Labute approximate surface area is 224 Å². The van der Waals surface area contributed by atoms with Crippen LogP contribution in [0.1, 0.15) is 59.7 Å². The van der Waals surface area contributed by atoms with Crippen LogP contribution in [0.5, 0.6) is 5.88 Å². The highest BCUT2D eigenvalue weighted by Gasteiger charge is 2.21. The highest BCUT2D eigenvalue weighted by Crippen LogP contribution is 2.32. The fourth-order valence-corrected chi connectivity index (χ4v) is 5.13. The molecule has 0 radical (unpaired) electrons. The largest absolute Gasteiger partial charge is 0.494 e. The Kier molecular flexibility index (Phi) is 7.89. The molecule has 0 spiro atoms. The topological polar surface area (TPSA) is 71.9 Å². The maximum atomic E-state index is 13.1. The van der Waals surface area contributed by atoms with E-state index in [0.29, 0.717) is 23.4 Å². The summed E-state index contributed by atoms with van der Waals surface area (Å²) in [6.07, 6.45) is 4.55. The normalized spacial score (nSPS) is 14.3. The first-order chi connectivity index (χ1) is 18.5. The molecule has 5 rings (SSSR count). The number of aromatic hydroxyl groups is 1. The Bertz CT molecular complexity index is 1420. The average molecular weight is 509 g/mol. The summed E-state index contributed by atoms with van der Waals surface area (Å²) >= 11 is 0. The summed E-state index contributed by atoms with van der Waals surface area (Å²) in [5.74, 6) is 0.0102. The zero-order chi connectivity index (χ0) is 26.5. The SMILES string of the molecule is CCCCN(C)C(=O)c1ccc2[nH]c(O)c(C(=Nc3ccc(CN4CCCC4)cc3)c3ccccc3)c2c1. The van der Waals surface area contributed by atoms with E-state index in [1.807, 2.05) is 67.7 Å². The Morgan fingerprint density at radius 2 is 1.74 bits per heavy atom. The van der Waals surface area contributed by atoms with Gasteiger partial charge < -0.3 is 15.0 Å². The molecule has 6 heteroatoms. The van der Waals surface area contributed by atoms with E-state index >= 15 is 0 Å². The minimum Gasteiger partial charge on any atom is -0.494 e. The smallest absolute Gasteiger partial charge is 0.253 e. The van der Waals surface area contributed by atoms with Crippen LogP contribution in [0.2, 0.25) is 0 Å². The van der Waals surface area contributed by atoms with Gasteiger partial charge in [-0.2, -0.15) is 0 Å². The van der Waals surface area contributed by atoms with Crippen molar-refractivity contribution in [2.75, 3.05) is 26.7 Å². The number of carbonyl (C=O) groups is 1. The molecule has 1 aliphatic heterocycles. The number of hydrogen-bond donors (Lipinski definition) is 2. The molecule has 0 saturated carbocycles. The zero-order valence-corrected chi connectivity index (χ0v) is 22.3. The number of hydrogen-bond acceptors (Lipinski definition) is 4. The molecule has 1 aliphatic rings. The molecule has 1 aromatic heterocycles. The quantitative estimate of drug-likeness (QED) is 0.253. The maximum Gasteiger partial charge on any atom is 0.253 e. The van der Waals surface area contributed by atoms with Gasteiger partial charge in [0.2, 0.25) is 0 Å². The summed E-state index contributed by atoms with van der Waals surface area (Å²) in [4.78, 5) is 25.5. The van der Waals surface area contributed by atoms with Crippen molar-refractivity contribution < 1.29 is 9.90 Å². The molecule has 2 heterocycles. The standard InChI is InChI=1S/C32H36N4O2/c1-3-4-18-35(2)32(38)25-14-17-28-27(21-25)29(31(37)34-28)30(24-10-6-5-7-11-24)33-26-15-12-23(13-16-26)22-36-19-8-9-20-36/h5-7,10-17,21,34,37H,3-4,8-9,18-20,22H2,1-2H3. The molecule has 1 fully saturated rings. The summed E-state index contributed by atoms with van der Waals surface area (Å²) in [6, 6.07) is 23.8. The van der Waals surface area contributed by atoms with Gasteiger partial charge in [0.15, 0.2) is 5.88 Å². The van der Waals surface area contributed by atoms with Crippen LogP contribution >= 0.6 is 0 Å². The zero-order valence-electron chi connectivity index (χ0n) is 22.3.